The van der Waals surface area contributed by atoms with Gasteiger partial charge in [-0.3, -0.25) is 4.79 Å². The highest BCUT2D eigenvalue weighted by atomic mass is 32.2. The Kier molecular flexibility index (Phi) is 6.75. The Morgan fingerprint density at radius 2 is 1.59 bits per heavy atom. The van der Waals surface area contributed by atoms with Gasteiger partial charge in [0.2, 0.25) is 10.0 Å². The second-order valence-corrected chi connectivity index (χ2v) is 9.84. The molecule has 1 atom stereocenters. The van der Waals surface area contributed by atoms with Crippen molar-refractivity contribution < 1.29 is 13.2 Å². The molecule has 29 heavy (non-hydrogen) atoms. The van der Waals surface area contributed by atoms with Crippen LogP contribution in [0.2, 0.25) is 0 Å². The van der Waals surface area contributed by atoms with E-state index in [0.717, 1.165) is 42.4 Å². The standard InChI is InChI=1S/C23H30N2O3S/c1-17-8-11-20(12-9-17)19(3)24-23(26)22-16-21(13-10-18(22)2)29(27,28)25-14-6-4-5-7-15-25/h8-13,16,19H,4-7,14-15H2,1-3H3,(H,24,26)/t19-/m0/s1. The molecule has 0 radical (unpaired) electrons. The van der Waals surface area contributed by atoms with Crippen molar-refractivity contribution in [1.82, 2.24) is 9.62 Å². The Bertz CT molecular complexity index is 960. The third-order valence-corrected chi connectivity index (χ3v) is 7.48. The number of amides is 1. The van der Waals surface area contributed by atoms with Gasteiger partial charge in [0.15, 0.2) is 0 Å². The summed E-state index contributed by atoms with van der Waals surface area (Å²) in [6.45, 7) is 6.86. The summed E-state index contributed by atoms with van der Waals surface area (Å²) in [5, 5.41) is 2.99. The number of sulfonamides is 1. The highest BCUT2D eigenvalue weighted by molar-refractivity contribution is 7.89. The van der Waals surface area contributed by atoms with E-state index in [9.17, 15) is 13.2 Å². The van der Waals surface area contributed by atoms with Crippen LogP contribution in [0.4, 0.5) is 0 Å². The van der Waals surface area contributed by atoms with Crippen LogP contribution < -0.4 is 5.32 Å². The molecule has 1 N–H and O–H groups in total. The van der Waals surface area contributed by atoms with Crippen LogP contribution in [0.15, 0.2) is 47.4 Å². The fourth-order valence-electron chi connectivity index (χ4n) is 3.65. The predicted octanol–water partition coefficient (Wildman–Crippen LogP) is 4.36. The van der Waals surface area contributed by atoms with Gasteiger partial charge in [0, 0.05) is 18.7 Å². The van der Waals surface area contributed by atoms with E-state index in [-0.39, 0.29) is 16.8 Å². The predicted molar refractivity (Wildman–Crippen MR) is 115 cm³/mol. The van der Waals surface area contributed by atoms with Crippen LogP contribution in [0, 0.1) is 13.8 Å². The van der Waals surface area contributed by atoms with Gasteiger partial charge in [-0.1, -0.05) is 48.7 Å². The molecule has 0 aromatic heterocycles. The molecule has 1 fully saturated rings. The van der Waals surface area contributed by atoms with E-state index in [1.807, 2.05) is 45.0 Å². The number of nitrogens with one attached hydrogen (secondary N) is 1. The first kappa shape index (κ1) is 21.5. The average Bonchev–Trinajstić information content (AvgIpc) is 2.98. The molecule has 1 saturated heterocycles. The summed E-state index contributed by atoms with van der Waals surface area (Å²) in [4.78, 5) is 13.1. The van der Waals surface area contributed by atoms with Crippen molar-refractivity contribution in [1.29, 1.82) is 0 Å². The molecule has 6 heteroatoms. The monoisotopic (exact) mass is 414 g/mol. The molecule has 156 valence electrons. The van der Waals surface area contributed by atoms with E-state index in [1.54, 1.807) is 16.4 Å². The second kappa shape index (κ2) is 9.09. The fourth-order valence-corrected chi connectivity index (χ4v) is 5.19. The molecule has 1 aliphatic rings. The van der Waals surface area contributed by atoms with Crippen LogP contribution in [0.3, 0.4) is 0 Å². The van der Waals surface area contributed by atoms with Crippen LogP contribution in [-0.2, 0) is 10.0 Å². The molecule has 0 unspecified atom stereocenters. The summed E-state index contributed by atoms with van der Waals surface area (Å²) in [6.07, 6.45) is 3.88. The lowest BCUT2D eigenvalue weighted by Gasteiger charge is -2.21. The Hall–Kier alpha value is -2.18. The van der Waals surface area contributed by atoms with E-state index in [2.05, 4.69) is 5.32 Å². The average molecular weight is 415 g/mol. The lowest BCUT2D eigenvalue weighted by Crippen LogP contribution is -2.32. The normalized spacial score (nSPS) is 16.8. The SMILES string of the molecule is Cc1ccc([C@H](C)NC(=O)c2cc(S(=O)(=O)N3CCCCCC3)ccc2C)cc1. The van der Waals surface area contributed by atoms with Crippen LogP contribution in [0.25, 0.3) is 0 Å². The number of aryl methyl sites for hydroxylation is 2. The van der Waals surface area contributed by atoms with Crippen LogP contribution >= 0.6 is 0 Å². The Morgan fingerprint density at radius 1 is 0.966 bits per heavy atom. The molecule has 0 aliphatic carbocycles. The van der Waals surface area contributed by atoms with Gasteiger partial charge in [-0.15, -0.1) is 0 Å². The van der Waals surface area contributed by atoms with Crippen LogP contribution in [0.5, 0.6) is 0 Å². The largest absolute Gasteiger partial charge is 0.346 e. The number of carbonyl (C=O) groups excluding carboxylic acids is 1. The minimum absolute atomic E-state index is 0.173. The van der Waals surface area contributed by atoms with Crippen LogP contribution in [0.1, 0.15) is 65.7 Å². The molecule has 0 spiro atoms. The summed E-state index contributed by atoms with van der Waals surface area (Å²) < 4.78 is 27.7. The Morgan fingerprint density at radius 3 is 2.21 bits per heavy atom. The van der Waals surface area contributed by atoms with Gasteiger partial charge >= 0.3 is 0 Å². The number of hydrogen-bond acceptors (Lipinski definition) is 3. The molecule has 2 aromatic rings. The minimum Gasteiger partial charge on any atom is -0.346 e. The number of rotatable bonds is 5. The van der Waals surface area contributed by atoms with Crippen molar-refractivity contribution in [3.05, 3.63) is 64.7 Å². The first-order valence-electron chi connectivity index (χ1n) is 10.3. The number of nitrogens with zero attached hydrogens (tertiary/aromatic N) is 1. The van der Waals surface area contributed by atoms with E-state index in [0.29, 0.717) is 18.7 Å². The summed E-state index contributed by atoms with van der Waals surface area (Å²) >= 11 is 0. The van der Waals surface area contributed by atoms with E-state index in [1.165, 1.54) is 6.07 Å². The fraction of sp³-hybridized carbons (Fsp3) is 0.435. The van der Waals surface area contributed by atoms with Gasteiger partial charge < -0.3 is 5.32 Å². The summed E-state index contributed by atoms with van der Waals surface area (Å²) in [5.74, 6) is -0.261. The molecule has 5 nitrogen and oxygen atoms in total. The molecular weight excluding hydrogens is 384 g/mol. The minimum atomic E-state index is -3.59. The third kappa shape index (κ3) is 5.06. The van der Waals surface area contributed by atoms with Crippen molar-refractivity contribution >= 4 is 15.9 Å². The highest BCUT2D eigenvalue weighted by Crippen LogP contribution is 2.23. The van der Waals surface area contributed by atoms with Crippen molar-refractivity contribution in [3.8, 4) is 0 Å². The topological polar surface area (TPSA) is 66.5 Å². The first-order valence-corrected chi connectivity index (χ1v) is 11.7. The van der Waals surface area contributed by atoms with Crippen molar-refractivity contribution in [2.75, 3.05) is 13.1 Å². The summed E-state index contributed by atoms with van der Waals surface area (Å²) in [5.41, 5.74) is 3.33. The maximum Gasteiger partial charge on any atom is 0.252 e. The maximum absolute atomic E-state index is 13.1. The zero-order valence-electron chi connectivity index (χ0n) is 17.4. The van der Waals surface area contributed by atoms with Crippen molar-refractivity contribution in [2.24, 2.45) is 0 Å². The van der Waals surface area contributed by atoms with Crippen molar-refractivity contribution in [2.45, 2.75) is 57.4 Å². The molecule has 1 aliphatic heterocycles. The van der Waals surface area contributed by atoms with Gasteiger partial charge in [0.25, 0.3) is 5.91 Å². The molecule has 1 amide bonds. The molecule has 3 rings (SSSR count). The molecule has 0 bridgehead atoms. The molecule has 2 aromatic carbocycles. The van der Waals surface area contributed by atoms with Gasteiger partial charge in [0.05, 0.1) is 10.9 Å². The number of benzene rings is 2. The van der Waals surface area contributed by atoms with Gasteiger partial charge in [-0.2, -0.15) is 4.31 Å². The number of carbonyl (C=O) groups is 1. The van der Waals surface area contributed by atoms with Gasteiger partial charge in [0.1, 0.15) is 0 Å². The first-order chi connectivity index (χ1) is 13.8. The summed E-state index contributed by atoms with van der Waals surface area (Å²) in [6, 6.07) is 12.7. The van der Waals surface area contributed by atoms with E-state index < -0.39 is 10.0 Å². The zero-order valence-corrected chi connectivity index (χ0v) is 18.3. The summed E-state index contributed by atoms with van der Waals surface area (Å²) in [7, 11) is -3.59. The van der Waals surface area contributed by atoms with Gasteiger partial charge in [-0.05, 0) is 56.9 Å². The number of hydrogen-bond donors (Lipinski definition) is 1. The molecule has 0 saturated carbocycles. The van der Waals surface area contributed by atoms with Crippen molar-refractivity contribution in [3.63, 3.8) is 0 Å². The van der Waals surface area contributed by atoms with E-state index >= 15 is 0 Å². The molecular formula is C23H30N2O3S. The van der Waals surface area contributed by atoms with Gasteiger partial charge in [-0.25, -0.2) is 8.42 Å². The van der Waals surface area contributed by atoms with E-state index in [4.69, 9.17) is 0 Å². The molecule has 1 heterocycles. The highest BCUT2D eigenvalue weighted by Gasteiger charge is 2.26. The maximum atomic E-state index is 13.1. The quantitative estimate of drug-likeness (QED) is 0.790. The van der Waals surface area contributed by atoms with Crippen LogP contribution in [-0.4, -0.2) is 31.7 Å². The Labute approximate surface area is 174 Å². The zero-order chi connectivity index (χ0) is 21.0. The smallest absolute Gasteiger partial charge is 0.252 e. The lowest BCUT2D eigenvalue weighted by molar-refractivity contribution is 0.0939. The third-order valence-electron chi connectivity index (χ3n) is 5.58. The lowest BCUT2D eigenvalue weighted by atomic mass is 10.0. The Balaban J connectivity index is 1.82. The second-order valence-electron chi connectivity index (χ2n) is 7.90.